The maximum atomic E-state index is 9.91. The van der Waals surface area contributed by atoms with Gasteiger partial charge in [-0.25, -0.2) is 0 Å². The van der Waals surface area contributed by atoms with E-state index in [1.165, 1.54) is 0 Å². The Balaban J connectivity index is 2.33. The molecular weight excluding hydrogens is 210 g/mol. The summed E-state index contributed by atoms with van der Waals surface area (Å²) in [6.45, 7) is 3.90. The number of hydrogen-bond acceptors (Lipinski definition) is 2. The molecule has 0 aromatic heterocycles. The maximum absolute atomic E-state index is 9.91. The standard InChI is InChI=1S/C15H15NO/c1-11-8-12(2)15(17)13(9-11)10-16-14-6-4-3-5-7-14/h3-10,17H,1-2H3. The summed E-state index contributed by atoms with van der Waals surface area (Å²) in [6.07, 6.45) is 1.70. The van der Waals surface area contributed by atoms with Gasteiger partial charge in [0, 0.05) is 11.8 Å². The fraction of sp³-hybridized carbons (Fsp3) is 0.133. The lowest BCUT2D eigenvalue weighted by atomic mass is 10.1. The second-order valence-electron chi connectivity index (χ2n) is 4.11. The van der Waals surface area contributed by atoms with Crippen LogP contribution in [0.25, 0.3) is 0 Å². The Morgan fingerprint density at radius 3 is 2.47 bits per heavy atom. The minimum atomic E-state index is 0.301. The third-order valence-electron chi connectivity index (χ3n) is 2.58. The van der Waals surface area contributed by atoms with Gasteiger partial charge in [0.25, 0.3) is 0 Å². The molecule has 0 amide bonds. The average molecular weight is 225 g/mol. The molecule has 2 rings (SSSR count). The van der Waals surface area contributed by atoms with Gasteiger partial charge < -0.3 is 5.11 Å². The smallest absolute Gasteiger partial charge is 0.127 e. The summed E-state index contributed by atoms with van der Waals surface area (Å²) in [5, 5.41) is 9.91. The number of phenols is 1. The van der Waals surface area contributed by atoms with E-state index in [1.54, 1.807) is 6.21 Å². The highest BCUT2D eigenvalue weighted by atomic mass is 16.3. The van der Waals surface area contributed by atoms with Crippen LogP contribution >= 0.6 is 0 Å². The molecule has 0 atom stereocenters. The highest BCUT2D eigenvalue weighted by Crippen LogP contribution is 2.22. The van der Waals surface area contributed by atoms with Crippen molar-refractivity contribution in [1.82, 2.24) is 0 Å². The van der Waals surface area contributed by atoms with Gasteiger partial charge >= 0.3 is 0 Å². The highest BCUT2D eigenvalue weighted by molar-refractivity contribution is 5.86. The number of benzene rings is 2. The zero-order valence-electron chi connectivity index (χ0n) is 10.0. The molecule has 0 unspecified atom stereocenters. The van der Waals surface area contributed by atoms with Gasteiger partial charge in [0.1, 0.15) is 5.75 Å². The molecule has 0 spiro atoms. The van der Waals surface area contributed by atoms with Crippen LogP contribution in [0.4, 0.5) is 5.69 Å². The number of aromatic hydroxyl groups is 1. The lowest BCUT2D eigenvalue weighted by Crippen LogP contribution is -1.87. The van der Waals surface area contributed by atoms with E-state index in [0.29, 0.717) is 5.75 Å². The predicted octanol–water partition coefficient (Wildman–Crippen LogP) is 3.76. The first-order chi connectivity index (χ1) is 8.16. The Bertz CT molecular complexity index is 544. The van der Waals surface area contributed by atoms with Gasteiger partial charge in [-0.3, -0.25) is 4.99 Å². The van der Waals surface area contributed by atoms with Crippen LogP contribution in [-0.4, -0.2) is 11.3 Å². The van der Waals surface area contributed by atoms with E-state index in [-0.39, 0.29) is 0 Å². The fourth-order valence-corrected chi connectivity index (χ4v) is 1.75. The van der Waals surface area contributed by atoms with E-state index < -0.39 is 0 Å². The number of para-hydroxylation sites is 1. The van der Waals surface area contributed by atoms with Crippen LogP contribution in [0.5, 0.6) is 5.75 Å². The number of rotatable bonds is 2. The molecule has 0 fully saturated rings. The van der Waals surface area contributed by atoms with Crippen molar-refractivity contribution >= 4 is 11.9 Å². The molecule has 0 aliphatic carbocycles. The number of phenolic OH excluding ortho intramolecular Hbond substituents is 1. The lowest BCUT2D eigenvalue weighted by molar-refractivity contribution is 0.470. The third-order valence-corrected chi connectivity index (χ3v) is 2.58. The van der Waals surface area contributed by atoms with Gasteiger partial charge in [-0.15, -0.1) is 0 Å². The molecule has 2 aromatic rings. The van der Waals surface area contributed by atoms with Crippen molar-refractivity contribution in [3.8, 4) is 5.75 Å². The van der Waals surface area contributed by atoms with Gasteiger partial charge in [-0.1, -0.05) is 24.3 Å². The quantitative estimate of drug-likeness (QED) is 0.775. The Morgan fingerprint density at radius 1 is 1.06 bits per heavy atom. The molecule has 0 heterocycles. The Labute approximate surface area is 101 Å². The van der Waals surface area contributed by atoms with Crippen molar-refractivity contribution in [3.63, 3.8) is 0 Å². The van der Waals surface area contributed by atoms with E-state index in [4.69, 9.17) is 0 Å². The van der Waals surface area contributed by atoms with Gasteiger partial charge in [0.05, 0.1) is 5.69 Å². The number of aryl methyl sites for hydroxylation is 2. The monoisotopic (exact) mass is 225 g/mol. The summed E-state index contributed by atoms with van der Waals surface area (Å²) in [4.78, 5) is 4.33. The number of nitrogens with zero attached hydrogens (tertiary/aromatic N) is 1. The lowest BCUT2D eigenvalue weighted by Gasteiger charge is -2.04. The first kappa shape index (κ1) is 11.4. The maximum Gasteiger partial charge on any atom is 0.127 e. The van der Waals surface area contributed by atoms with Crippen molar-refractivity contribution in [1.29, 1.82) is 0 Å². The van der Waals surface area contributed by atoms with Crippen LogP contribution in [0.1, 0.15) is 16.7 Å². The Kier molecular flexibility index (Phi) is 3.24. The van der Waals surface area contributed by atoms with Gasteiger partial charge in [-0.05, 0) is 43.2 Å². The summed E-state index contributed by atoms with van der Waals surface area (Å²) in [7, 11) is 0. The van der Waals surface area contributed by atoms with Crippen LogP contribution in [0.15, 0.2) is 47.5 Å². The molecule has 2 heteroatoms. The topological polar surface area (TPSA) is 32.6 Å². The number of aliphatic imine (C=N–C) groups is 1. The van der Waals surface area contributed by atoms with E-state index in [9.17, 15) is 5.11 Å². The van der Waals surface area contributed by atoms with Crippen molar-refractivity contribution in [2.45, 2.75) is 13.8 Å². The predicted molar refractivity (Wildman–Crippen MR) is 71.3 cm³/mol. The highest BCUT2D eigenvalue weighted by Gasteiger charge is 2.02. The largest absolute Gasteiger partial charge is 0.507 e. The summed E-state index contributed by atoms with van der Waals surface area (Å²) in [6, 6.07) is 13.6. The van der Waals surface area contributed by atoms with Crippen LogP contribution in [-0.2, 0) is 0 Å². The Hall–Kier alpha value is -2.09. The summed E-state index contributed by atoms with van der Waals surface area (Å²) in [5.41, 5.74) is 3.63. The first-order valence-corrected chi connectivity index (χ1v) is 5.56. The summed E-state index contributed by atoms with van der Waals surface area (Å²) >= 11 is 0. The molecule has 0 saturated heterocycles. The summed E-state index contributed by atoms with van der Waals surface area (Å²) in [5.74, 6) is 0.301. The molecule has 0 aliphatic rings. The molecule has 1 N–H and O–H groups in total. The molecule has 0 radical (unpaired) electrons. The molecule has 0 bridgehead atoms. The third kappa shape index (κ3) is 2.72. The molecule has 17 heavy (non-hydrogen) atoms. The van der Waals surface area contributed by atoms with Gasteiger partial charge in [-0.2, -0.15) is 0 Å². The molecule has 2 aromatic carbocycles. The minimum Gasteiger partial charge on any atom is -0.507 e. The SMILES string of the molecule is Cc1cc(C)c(O)c(C=Nc2ccccc2)c1. The van der Waals surface area contributed by atoms with Crippen LogP contribution < -0.4 is 0 Å². The minimum absolute atomic E-state index is 0.301. The Morgan fingerprint density at radius 2 is 1.76 bits per heavy atom. The van der Waals surface area contributed by atoms with Crippen LogP contribution in [0.2, 0.25) is 0 Å². The van der Waals surface area contributed by atoms with Crippen molar-refractivity contribution in [3.05, 3.63) is 59.2 Å². The zero-order valence-corrected chi connectivity index (χ0v) is 10.0. The number of hydrogen-bond donors (Lipinski definition) is 1. The van der Waals surface area contributed by atoms with Crippen LogP contribution in [0.3, 0.4) is 0 Å². The molecule has 0 saturated carbocycles. The first-order valence-electron chi connectivity index (χ1n) is 5.56. The fourth-order valence-electron chi connectivity index (χ4n) is 1.75. The second-order valence-corrected chi connectivity index (χ2v) is 4.11. The second kappa shape index (κ2) is 4.83. The van der Waals surface area contributed by atoms with Gasteiger partial charge in [0.2, 0.25) is 0 Å². The normalized spacial score (nSPS) is 10.9. The van der Waals surface area contributed by atoms with E-state index in [2.05, 4.69) is 4.99 Å². The molecule has 86 valence electrons. The average Bonchev–Trinajstić information content (AvgIpc) is 2.33. The van der Waals surface area contributed by atoms with E-state index in [0.717, 1.165) is 22.4 Å². The molecule has 2 nitrogen and oxygen atoms in total. The zero-order chi connectivity index (χ0) is 12.3. The van der Waals surface area contributed by atoms with Crippen molar-refractivity contribution < 1.29 is 5.11 Å². The summed E-state index contributed by atoms with van der Waals surface area (Å²) < 4.78 is 0. The van der Waals surface area contributed by atoms with Crippen molar-refractivity contribution in [2.24, 2.45) is 4.99 Å². The van der Waals surface area contributed by atoms with Crippen molar-refractivity contribution in [2.75, 3.05) is 0 Å². The van der Waals surface area contributed by atoms with E-state index >= 15 is 0 Å². The van der Waals surface area contributed by atoms with E-state index in [1.807, 2.05) is 56.3 Å². The van der Waals surface area contributed by atoms with Gasteiger partial charge in [0.15, 0.2) is 0 Å². The van der Waals surface area contributed by atoms with Crippen LogP contribution in [0, 0.1) is 13.8 Å². The molecule has 0 aliphatic heterocycles. The molecular formula is C15H15NO.